The van der Waals surface area contributed by atoms with E-state index in [0.717, 1.165) is 11.3 Å². The van der Waals surface area contributed by atoms with E-state index >= 15 is 0 Å². The van der Waals surface area contributed by atoms with Gasteiger partial charge in [-0.2, -0.15) is 5.10 Å². The van der Waals surface area contributed by atoms with Crippen LogP contribution in [0, 0.1) is 0 Å². The first-order valence-corrected chi connectivity index (χ1v) is 5.75. The molecular weight excluding hydrogens is 244 g/mol. The van der Waals surface area contributed by atoms with Gasteiger partial charge in [-0.15, -0.1) is 0 Å². The van der Waals surface area contributed by atoms with Gasteiger partial charge in [0.25, 0.3) is 11.5 Å². The predicted octanol–water partition coefficient (Wildman–Crippen LogP) is 0.505. The highest BCUT2D eigenvalue weighted by molar-refractivity contribution is 6.04. The molecule has 6 nitrogen and oxygen atoms in total. The number of para-hydroxylation sites is 1. The molecule has 1 aromatic carbocycles. The fraction of sp³-hybridized carbons (Fsp3) is 0.154. The smallest absolute Gasteiger partial charge is 0.278 e. The first-order valence-electron chi connectivity index (χ1n) is 5.75. The van der Waals surface area contributed by atoms with Gasteiger partial charge in [0, 0.05) is 25.3 Å². The summed E-state index contributed by atoms with van der Waals surface area (Å²) >= 11 is 0. The van der Waals surface area contributed by atoms with Crippen molar-refractivity contribution >= 4 is 11.6 Å². The number of nitrogens with two attached hydrogens (primary N) is 1. The molecule has 0 unspecified atom stereocenters. The number of carbonyl (C=O) groups excluding carboxylic acids is 1. The zero-order valence-corrected chi connectivity index (χ0v) is 10.5. The molecule has 0 saturated heterocycles. The molecular formula is C13H14N4O2. The molecule has 0 aliphatic heterocycles. The number of hydrogen-bond acceptors (Lipinski definition) is 4. The predicted molar refractivity (Wildman–Crippen MR) is 71.9 cm³/mol. The zero-order valence-electron chi connectivity index (χ0n) is 10.5. The summed E-state index contributed by atoms with van der Waals surface area (Å²) < 4.78 is 0. The van der Waals surface area contributed by atoms with E-state index in [9.17, 15) is 9.59 Å². The van der Waals surface area contributed by atoms with Crippen molar-refractivity contribution < 1.29 is 4.79 Å². The van der Waals surface area contributed by atoms with E-state index in [2.05, 4.69) is 10.2 Å². The number of nitrogens with one attached hydrogen (secondary N) is 1. The second kappa shape index (κ2) is 5.45. The normalized spacial score (nSPS) is 10.2. The van der Waals surface area contributed by atoms with Crippen LogP contribution in [0.25, 0.3) is 0 Å². The number of benzene rings is 1. The summed E-state index contributed by atoms with van der Waals surface area (Å²) in [5.74, 6) is -0.308. The number of H-pyrrole nitrogens is 1. The number of carbonyl (C=O) groups is 1. The summed E-state index contributed by atoms with van der Waals surface area (Å²) in [4.78, 5) is 24.6. The Morgan fingerprint density at radius 1 is 1.32 bits per heavy atom. The van der Waals surface area contributed by atoms with Crippen LogP contribution in [-0.2, 0) is 6.54 Å². The first-order chi connectivity index (χ1) is 9.13. The lowest BCUT2D eigenvalue weighted by molar-refractivity contribution is 0.0987. The van der Waals surface area contributed by atoms with E-state index in [4.69, 9.17) is 5.73 Å². The number of aromatic nitrogens is 2. The van der Waals surface area contributed by atoms with Crippen molar-refractivity contribution in [2.24, 2.45) is 5.73 Å². The molecule has 0 saturated carbocycles. The largest absolute Gasteiger partial charge is 0.326 e. The Bertz CT molecular complexity index is 631. The van der Waals surface area contributed by atoms with Gasteiger partial charge in [-0.25, -0.2) is 5.10 Å². The van der Waals surface area contributed by atoms with Gasteiger partial charge in [-0.05, 0) is 17.7 Å². The van der Waals surface area contributed by atoms with Crippen molar-refractivity contribution in [1.29, 1.82) is 0 Å². The average Bonchev–Trinajstić information content (AvgIpc) is 2.46. The van der Waals surface area contributed by atoms with Gasteiger partial charge < -0.3 is 10.6 Å². The molecule has 0 fully saturated rings. The summed E-state index contributed by atoms with van der Waals surface area (Å²) in [6, 6.07) is 10.0. The number of hydrogen-bond donors (Lipinski definition) is 2. The summed E-state index contributed by atoms with van der Waals surface area (Å²) in [5.41, 5.74) is 7.06. The Morgan fingerprint density at radius 2 is 2.05 bits per heavy atom. The van der Waals surface area contributed by atoms with Crippen molar-refractivity contribution in [1.82, 2.24) is 10.2 Å². The van der Waals surface area contributed by atoms with Gasteiger partial charge >= 0.3 is 0 Å². The first kappa shape index (κ1) is 13.0. The van der Waals surface area contributed by atoms with Crippen LogP contribution in [0.15, 0.2) is 41.2 Å². The van der Waals surface area contributed by atoms with Gasteiger partial charge in [0.1, 0.15) is 5.69 Å². The minimum absolute atomic E-state index is 0.175. The van der Waals surface area contributed by atoms with Crippen molar-refractivity contribution in [3.63, 3.8) is 0 Å². The summed E-state index contributed by atoms with van der Waals surface area (Å²) in [6.45, 7) is 0.340. The van der Waals surface area contributed by atoms with Gasteiger partial charge in [0.15, 0.2) is 0 Å². The quantitative estimate of drug-likeness (QED) is 0.838. The number of aromatic amines is 1. The second-order valence-corrected chi connectivity index (χ2v) is 4.00. The molecule has 1 heterocycles. The lowest BCUT2D eigenvalue weighted by Gasteiger charge is -2.19. The third-order valence-electron chi connectivity index (χ3n) is 2.78. The fourth-order valence-electron chi connectivity index (χ4n) is 1.76. The summed E-state index contributed by atoms with van der Waals surface area (Å²) in [6.07, 6.45) is 0. The van der Waals surface area contributed by atoms with Crippen LogP contribution in [0.5, 0.6) is 0 Å². The third kappa shape index (κ3) is 2.69. The van der Waals surface area contributed by atoms with Gasteiger partial charge in [-0.3, -0.25) is 9.59 Å². The zero-order chi connectivity index (χ0) is 13.8. The second-order valence-electron chi connectivity index (χ2n) is 4.00. The molecule has 0 atom stereocenters. The SMILES string of the molecule is CN(C(=O)c1ccc(=O)[nH]n1)c1ccccc1CN. The van der Waals surface area contributed by atoms with E-state index in [1.54, 1.807) is 7.05 Å². The third-order valence-corrected chi connectivity index (χ3v) is 2.78. The molecule has 2 rings (SSSR count). The summed E-state index contributed by atoms with van der Waals surface area (Å²) in [7, 11) is 1.64. The molecule has 0 spiro atoms. The fourth-order valence-corrected chi connectivity index (χ4v) is 1.76. The molecule has 1 aromatic heterocycles. The van der Waals surface area contributed by atoms with Crippen LogP contribution >= 0.6 is 0 Å². The molecule has 0 radical (unpaired) electrons. The summed E-state index contributed by atoms with van der Waals surface area (Å²) in [5, 5.41) is 5.96. The van der Waals surface area contributed by atoms with Crippen molar-refractivity contribution in [3.8, 4) is 0 Å². The van der Waals surface area contributed by atoms with Gasteiger partial charge in [-0.1, -0.05) is 18.2 Å². The van der Waals surface area contributed by atoms with E-state index in [1.165, 1.54) is 17.0 Å². The van der Waals surface area contributed by atoms with Crippen LogP contribution in [0.2, 0.25) is 0 Å². The molecule has 0 aliphatic carbocycles. The van der Waals surface area contributed by atoms with Crippen molar-refractivity contribution in [2.75, 3.05) is 11.9 Å². The average molecular weight is 258 g/mol. The Balaban J connectivity index is 2.33. The Labute approximate surface area is 109 Å². The van der Waals surface area contributed by atoms with Crippen LogP contribution in [0.4, 0.5) is 5.69 Å². The van der Waals surface area contributed by atoms with Gasteiger partial charge in [0.2, 0.25) is 0 Å². The maximum atomic E-state index is 12.2. The molecule has 2 aromatic rings. The lowest BCUT2D eigenvalue weighted by Crippen LogP contribution is -2.29. The van der Waals surface area contributed by atoms with E-state index in [1.807, 2.05) is 24.3 Å². The van der Waals surface area contributed by atoms with Crippen LogP contribution in [-0.4, -0.2) is 23.2 Å². The molecule has 19 heavy (non-hydrogen) atoms. The number of amides is 1. The topological polar surface area (TPSA) is 92.1 Å². The highest BCUT2D eigenvalue weighted by atomic mass is 16.2. The lowest BCUT2D eigenvalue weighted by atomic mass is 10.1. The molecule has 98 valence electrons. The molecule has 6 heteroatoms. The number of anilines is 1. The van der Waals surface area contributed by atoms with E-state index < -0.39 is 0 Å². The highest BCUT2D eigenvalue weighted by Crippen LogP contribution is 2.19. The number of nitrogens with zero attached hydrogens (tertiary/aromatic N) is 2. The maximum absolute atomic E-state index is 12.2. The van der Waals surface area contributed by atoms with Crippen molar-refractivity contribution in [3.05, 3.63) is 58.0 Å². The van der Waals surface area contributed by atoms with Crippen LogP contribution in [0.3, 0.4) is 0 Å². The van der Waals surface area contributed by atoms with Gasteiger partial charge in [0.05, 0.1) is 0 Å². The monoisotopic (exact) mass is 258 g/mol. The van der Waals surface area contributed by atoms with Crippen LogP contribution < -0.4 is 16.2 Å². The Morgan fingerprint density at radius 3 is 2.68 bits per heavy atom. The molecule has 0 bridgehead atoms. The molecule has 1 amide bonds. The molecule has 3 N–H and O–H groups in total. The Kier molecular flexibility index (Phi) is 3.72. The number of rotatable bonds is 3. The minimum atomic E-state index is -0.346. The highest BCUT2D eigenvalue weighted by Gasteiger charge is 2.16. The standard InChI is InChI=1S/C13H14N4O2/c1-17(11-5-3-2-4-9(11)8-14)13(19)10-6-7-12(18)16-15-10/h2-7H,8,14H2,1H3,(H,16,18). The molecule has 0 aliphatic rings. The van der Waals surface area contributed by atoms with Crippen molar-refractivity contribution in [2.45, 2.75) is 6.54 Å². The minimum Gasteiger partial charge on any atom is -0.326 e. The van der Waals surface area contributed by atoms with E-state index in [-0.39, 0.29) is 17.2 Å². The Hall–Kier alpha value is -2.47. The van der Waals surface area contributed by atoms with E-state index in [0.29, 0.717) is 6.54 Å². The maximum Gasteiger partial charge on any atom is 0.278 e. The van der Waals surface area contributed by atoms with Crippen LogP contribution in [0.1, 0.15) is 16.1 Å².